The van der Waals surface area contributed by atoms with Gasteiger partial charge >= 0.3 is 5.97 Å². The number of unbranched alkanes of at least 4 members (excludes halogenated alkanes) is 2. The molecule has 1 rings (SSSR count). The lowest BCUT2D eigenvalue weighted by Gasteiger charge is -2.19. The molecule has 1 aliphatic rings. The van der Waals surface area contributed by atoms with Crippen LogP contribution in [0.1, 0.15) is 65.2 Å². The number of thioether (sulfide) groups is 2. The van der Waals surface area contributed by atoms with Crippen LogP contribution in [0.2, 0.25) is 0 Å². The van der Waals surface area contributed by atoms with Crippen molar-refractivity contribution in [2.24, 2.45) is 17.8 Å². The number of ketones is 1. The molecule has 0 spiro atoms. The predicted molar refractivity (Wildman–Crippen MR) is 130 cm³/mol. The minimum absolute atomic E-state index is 0.0767. The normalized spacial score (nSPS) is 22.6. The van der Waals surface area contributed by atoms with E-state index in [-0.39, 0.29) is 35.4 Å². The summed E-state index contributed by atoms with van der Waals surface area (Å²) in [5.41, 5.74) is 0. The standard InChI is InChI=1S/C24H40O5S2/c1-4-5-8-18(2)15-19(26)10-11-20-21(22(27)16-23(20)31-14-12-25)17-30-13-7-6-9-24(28)29-3/h18-21,23,25-26H,4-9,12-17H2,1-3H3/t18-,19-,20-,21-,23-/m1/s1. The molecule has 0 bridgehead atoms. The van der Waals surface area contributed by atoms with E-state index >= 15 is 0 Å². The second-order valence-electron chi connectivity index (χ2n) is 8.33. The van der Waals surface area contributed by atoms with Gasteiger partial charge < -0.3 is 14.9 Å². The molecule has 0 unspecified atom stereocenters. The van der Waals surface area contributed by atoms with Gasteiger partial charge in [0.15, 0.2) is 0 Å². The van der Waals surface area contributed by atoms with Crippen molar-refractivity contribution in [2.45, 2.75) is 76.6 Å². The van der Waals surface area contributed by atoms with E-state index in [1.54, 1.807) is 23.5 Å². The van der Waals surface area contributed by atoms with E-state index in [2.05, 4.69) is 30.4 Å². The van der Waals surface area contributed by atoms with E-state index in [4.69, 9.17) is 0 Å². The molecule has 178 valence electrons. The van der Waals surface area contributed by atoms with Gasteiger partial charge in [-0.25, -0.2) is 0 Å². The summed E-state index contributed by atoms with van der Waals surface area (Å²) < 4.78 is 4.65. The number of ether oxygens (including phenoxy) is 1. The second-order valence-corrected chi connectivity index (χ2v) is 10.8. The van der Waals surface area contributed by atoms with Crippen LogP contribution in [0, 0.1) is 29.6 Å². The van der Waals surface area contributed by atoms with E-state index < -0.39 is 6.10 Å². The first-order valence-electron chi connectivity index (χ1n) is 11.5. The summed E-state index contributed by atoms with van der Waals surface area (Å²) in [7, 11) is 1.40. The Labute approximate surface area is 196 Å². The molecular formula is C24H40O5S2. The van der Waals surface area contributed by atoms with E-state index in [9.17, 15) is 19.8 Å². The maximum Gasteiger partial charge on any atom is 0.305 e. The summed E-state index contributed by atoms with van der Waals surface area (Å²) >= 11 is 3.35. The zero-order valence-electron chi connectivity index (χ0n) is 19.3. The lowest BCUT2D eigenvalue weighted by Crippen LogP contribution is -2.21. The van der Waals surface area contributed by atoms with E-state index in [0.29, 0.717) is 30.9 Å². The Bertz CT molecular complexity index is 586. The highest BCUT2D eigenvalue weighted by Gasteiger charge is 2.41. The van der Waals surface area contributed by atoms with Crippen molar-refractivity contribution in [1.82, 2.24) is 0 Å². The summed E-state index contributed by atoms with van der Waals surface area (Å²) in [6, 6.07) is 0. The highest BCUT2D eigenvalue weighted by atomic mass is 32.2. The van der Waals surface area contributed by atoms with Gasteiger partial charge in [0.25, 0.3) is 0 Å². The largest absolute Gasteiger partial charge is 0.469 e. The molecule has 0 aromatic carbocycles. The van der Waals surface area contributed by atoms with E-state index in [1.165, 1.54) is 7.11 Å². The molecule has 2 N–H and O–H groups in total. The van der Waals surface area contributed by atoms with Gasteiger partial charge in [0.1, 0.15) is 11.9 Å². The van der Waals surface area contributed by atoms with Crippen LogP contribution in [0.4, 0.5) is 0 Å². The molecule has 5 atom stereocenters. The quantitative estimate of drug-likeness (QED) is 0.212. The minimum Gasteiger partial charge on any atom is -0.469 e. The van der Waals surface area contributed by atoms with Crippen molar-refractivity contribution in [1.29, 1.82) is 0 Å². The molecule has 0 saturated heterocycles. The number of esters is 1. The van der Waals surface area contributed by atoms with Gasteiger partial charge in [0.05, 0.1) is 13.7 Å². The van der Waals surface area contributed by atoms with Crippen molar-refractivity contribution < 1.29 is 24.5 Å². The van der Waals surface area contributed by atoms with Gasteiger partial charge in [-0.15, -0.1) is 0 Å². The Morgan fingerprint density at radius 1 is 1.29 bits per heavy atom. The van der Waals surface area contributed by atoms with E-state index in [1.807, 2.05) is 0 Å². The summed E-state index contributed by atoms with van der Waals surface area (Å²) in [5.74, 6) is 8.79. The molecule has 1 saturated carbocycles. The molecule has 7 heteroatoms. The fourth-order valence-corrected chi connectivity index (χ4v) is 6.16. The Balaban J connectivity index is 2.62. The number of hydrogen-bond acceptors (Lipinski definition) is 7. The number of methoxy groups -OCH3 is 1. The van der Waals surface area contributed by atoms with Crippen LogP contribution in [0.25, 0.3) is 0 Å². The molecule has 1 fully saturated rings. The predicted octanol–water partition coefficient (Wildman–Crippen LogP) is 3.94. The maximum atomic E-state index is 12.7. The highest BCUT2D eigenvalue weighted by molar-refractivity contribution is 8.00. The monoisotopic (exact) mass is 472 g/mol. The van der Waals surface area contributed by atoms with Crippen molar-refractivity contribution in [3.63, 3.8) is 0 Å². The summed E-state index contributed by atoms with van der Waals surface area (Å²) in [6.45, 7) is 4.41. The lowest BCUT2D eigenvalue weighted by atomic mass is 9.95. The first-order valence-corrected chi connectivity index (χ1v) is 13.7. The van der Waals surface area contributed by atoms with Gasteiger partial charge in [-0.05, 0) is 30.9 Å². The molecule has 0 aliphatic heterocycles. The fraction of sp³-hybridized carbons (Fsp3) is 0.833. The van der Waals surface area contributed by atoms with Crippen LogP contribution < -0.4 is 0 Å². The molecule has 0 amide bonds. The number of aliphatic hydroxyl groups excluding tert-OH is 2. The molecular weight excluding hydrogens is 432 g/mol. The maximum absolute atomic E-state index is 12.7. The molecule has 31 heavy (non-hydrogen) atoms. The Kier molecular flexibility index (Phi) is 15.4. The van der Waals surface area contributed by atoms with Crippen molar-refractivity contribution >= 4 is 35.3 Å². The van der Waals surface area contributed by atoms with Crippen LogP contribution >= 0.6 is 23.5 Å². The molecule has 5 nitrogen and oxygen atoms in total. The second kappa shape index (κ2) is 16.9. The first-order chi connectivity index (χ1) is 14.9. The van der Waals surface area contributed by atoms with Gasteiger partial charge in [-0.3, -0.25) is 9.59 Å². The third kappa shape index (κ3) is 11.7. The van der Waals surface area contributed by atoms with Gasteiger partial charge in [-0.2, -0.15) is 23.5 Å². The molecule has 0 radical (unpaired) electrons. The van der Waals surface area contributed by atoms with Crippen molar-refractivity contribution in [3.8, 4) is 11.8 Å². The summed E-state index contributed by atoms with van der Waals surface area (Å²) in [5, 5.41) is 19.7. The number of hydrogen-bond donors (Lipinski definition) is 2. The Morgan fingerprint density at radius 2 is 2.06 bits per heavy atom. The molecule has 0 heterocycles. The van der Waals surface area contributed by atoms with Gasteiger partial charge in [0, 0.05) is 41.4 Å². The van der Waals surface area contributed by atoms with Crippen LogP contribution in [-0.2, 0) is 14.3 Å². The zero-order chi connectivity index (χ0) is 23.1. The third-order valence-electron chi connectivity index (χ3n) is 5.61. The minimum atomic E-state index is -0.655. The SMILES string of the molecule is CCCC[C@@H](C)C[C@H](O)C#C[C@H]1[C@H](SCCO)CC(=O)[C@@H]1CSCCCCC(=O)OC. The average Bonchev–Trinajstić information content (AvgIpc) is 3.05. The first kappa shape index (κ1) is 28.4. The molecule has 0 aromatic rings. The van der Waals surface area contributed by atoms with Crippen LogP contribution in [-0.4, -0.2) is 64.3 Å². The van der Waals surface area contributed by atoms with Gasteiger partial charge in [-0.1, -0.05) is 45.0 Å². The van der Waals surface area contributed by atoms with E-state index in [0.717, 1.165) is 43.6 Å². The molecule has 1 aliphatic carbocycles. The Hall–Kier alpha value is -0.680. The number of carbonyl (C=O) groups excluding carboxylic acids is 2. The van der Waals surface area contributed by atoms with Gasteiger partial charge in [0.2, 0.25) is 0 Å². The third-order valence-corrected chi connectivity index (χ3v) is 8.09. The number of rotatable bonds is 15. The van der Waals surface area contributed by atoms with Crippen LogP contribution in [0.15, 0.2) is 0 Å². The number of aliphatic hydroxyl groups is 2. The van der Waals surface area contributed by atoms with Crippen LogP contribution in [0.5, 0.6) is 0 Å². The highest BCUT2D eigenvalue weighted by Crippen LogP contribution is 2.38. The zero-order valence-corrected chi connectivity index (χ0v) is 20.9. The fourth-order valence-electron chi connectivity index (χ4n) is 3.78. The van der Waals surface area contributed by atoms with Crippen molar-refractivity contribution in [2.75, 3.05) is 31.0 Å². The smallest absolute Gasteiger partial charge is 0.305 e. The number of carbonyl (C=O) groups is 2. The topological polar surface area (TPSA) is 83.8 Å². The summed E-state index contributed by atoms with van der Waals surface area (Å²) in [4.78, 5) is 23.8. The Morgan fingerprint density at radius 3 is 2.74 bits per heavy atom. The number of Topliss-reactive ketones (excluding diaryl/α,β-unsaturated/α-hetero) is 1. The lowest BCUT2D eigenvalue weighted by molar-refractivity contribution is -0.140. The van der Waals surface area contributed by atoms with Crippen molar-refractivity contribution in [3.05, 3.63) is 0 Å². The summed E-state index contributed by atoms with van der Waals surface area (Å²) in [6.07, 6.45) is 6.05. The average molecular weight is 473 g/mol. The molecule has 0 aromatic heterocycles. The van der Waals surface area contributed by atoms with Crippen LogP contribution in [0.3, 0.4) is 0 Å².